The fraction of sp³-hybridized carbons (Fsp3) is 0.632. The summed E-state index contributed by atoms with van der Waals surface area (Å²) in [5.41, 5.74) is -0.150. The second-order valence-electron chi connectivity index (χ2n) is 7.20. The zero-order chi connectivity index (χ0) is 24.3. The maximum Gasteiger partial charge on any atom is 0.272 e. The van der Waals surface area contributed by atoms with Gasteiger partial charge in [-0.3, -0.25) is 14.6 Å². The molecule has 1 aromatic rings. The van der Waals surface area contributed by atoms with Gasteiger partial charge in [-0.2, -0.15) is 0 Å². The summed E-state index contributed by atoms with van der Waals surface area (Å²) in [6.45, 7) is -3.82. The van der Waals surface area contributed by atoms with Crippen LogP contribution in [-0.2, 0) is 0 Å². The minimum atomic E-state index is -1.28. The van der Waals surface area contributed by atoms with Crippen molar-refractivity contribution in [1.29, 1.82) is 0 Å². The molecule has 1 rings (SSSR count). The van der Waals surface area contributed by atoms with E-state index in [-0.39, 0.29) is 37.4 Å². The van der Waals surface area contributed by atoms with Gasteiger partial charge in [-0.25, -0.2) is 0 Å². The van der Waals surface area contributed by atoms with Crippen molar-refractivity contribution < 1.29 is 50.4 Å². The van der Waals surface area contributed by atoms with Crippen molar-refractivity contribution in [3.63, 3.8) is 0 Å². The van der Waals surface area contributed by atoms with Gasteiger partial charge in [-0.1, -0.05) is 0 Å². The first-order valence-corrected chi connectivity index (χ1v) is 9.87. The van der Waals surface area contributed by atoms with Crippen molar-refractivity contribution in [2.75, 3.05) is 52.6 Å². The molecule has 13 heteroatoms. The maximum atomic E-state index is 12.7. The van der Waals surface area contributed by atoms with Crippen molar-refractivity contribution in [2.24, 2.45) is 0 Å². The van der Waals surface area contributed by atoms with E-state index in [9.17, 15) is 30.0 Å². The fourth-order valence-corrected chi connectivity index (χ4v) is 2.72. The number of hydrogen-bond acceptors (Lipinski definition) is 11. The maximum absolute atomic E-state index is 12.7. The zero-order valence-electron chi connectivity index (χ0n) is 17.4. The molecular formula is C19H31N3O10. The van der Waals surface area contributed by atoms with Gasteiger partial charge in [0.05, 0.1) is 56.4 Å². The van der Waals surface area contributed by atoms with Crippen LogP contribution in [0.5, 0.6) is 0 Å². The van der Waals surface area contributed by atoms with Crippen LogP contribution in [0, 0.1) is 0 Å². The summed E-state index contributed by atoms with van der Waals surface area (Å²) in [4.78, 5) is 31.3. The number of amides is 2. The molecule has 0 fully saturated rings. The molecule has 32 heavy (non-hydrogen) atoms. The molecule has 182 valence electrons. The van der Waals surface area contributed by atoms with Crippen molar-refractivity contribution in [1.82, 2.24) is 14.8 Å². The topological polar surface area (TPSA) is 215 Å². The molecule has 0 radical (unpaired) electrons. The highest BCUT2D eigenvalue weighted by Gasteiger charge is 2.25. The summed E-state index contributed by atoms with van der Waals surface area (Å²) in [5, 5.41) is 74.6. The van der Waals surface area contributed by atoms with Crippen LogP contribution in [0.25, 0.3) is 0 Å². The number of aromatic nitrogens is 1. The molecule has 4 atom stereocenters. The van der Waals surface area contributed by atoms with E-state index >= 15 is 0 Å². The van der Waals surface area contributed by atoms with Crippen molar-refractivity contribution in [3.8, 4) is 0 Å². The normalized spacial score (nSPS) is 15.0. The molecular weight excluding hydrogens is 430 g/mol. The summed E-state index contributed by atoms with van der Waals surface area (Å²) < 4.78 is 0. The van der Waals surface area contributed by atoms with Crippen molar-refractivity contribution in [3.05, 3.63) is 29.6 Å². The standard InChI is InChI=1S/C19H31N3O10/c23-8-13(27)4-21(5-14(28)9-24)18(31)12-1-2-17(20-3-12)19(32)22(6-15(29)10-25)7-16(30)11-26/h1-3,13-16,23-30H,4-11H2. The summed E-state index contributed by atoms with van der Waals surface area (Å²) in [6.07, 6.45) is -4.04. The molecule has 0 aromatic carbocycles. The Labute approximate surface area is 184 Å². The lowest BCUT2D eigenvalue weighted by atomic mass is 10.2. The third-order valence-electron chi connectivity index (χ3n) is 4.37. The molecule has 0 aliphatic heterocycles. The summed E-state index contributed by atoms with van der Waals surface area (Å²) in [7, 11) is 0. The molecule has 1 aromatic heterocycles. The minimum absolute atomic E-state index is 0.00540. The molecule has 0 spiro atoms. The number of pyridine rings is 1. The quantitative estimate of drug-likeness (QED) is 0.132. The van der Waals surface area contributed by atoms with E-state index in [4.69, 9.17) is 20.4 Å². The van der Waals surface area contributed by atoms with E-state index in [1.54, 1.807) is 0 Å². The smallest absolute Gasteiger partial charge is 0.272 e. The van der Waals surface area contributed by atoms with Gasteiger partial charge < -0.3 is 50.7 Å². The molecule has 1 heterocycles. The highest BCUT2D eigenvalue weighted by molar-refractivity contribution is 5.96. The van der Waals surface area contributed by atoms with E-state index in [0.29, 0.717) is 0 Å². The predicted octanol–water partition coefficient (Wildman–Crippen LogP) is -4.62. The first-order chi connectivity index (χ1) is 15.2. The third kappa shape index (κ3) is 8.72. The van der Waals surface area contributed by atoms with Crippen LogP contribution >= 0.6 is 0 Å². The van der Waals surface area contributed by atoms with Gasteiger partial charge in [0.25, 0.3) is 11.8 Å². The Bertz CT molecular complexity index is 622. The van der Waals surface area contributed by atoms with Gasteiger partial charge in [0.2, 0.25) is 0 Å². The Morgan fingerprint density at radius 1 is 0.688 bits per heavy atom. The van der Waals surface area contributed by atoms with Crippen molar-refractivity contribution in [2.45, 2.75) is 24.4 Å². The van der Waals surface area contributed by atoms with Gasteiger partial charge in [0.1, 0.15) is 5.69 Å². The largest absolute Gasteiger partial charge is 0.394 e. The summed E-state index contributed by atoms with van der Waals surface area (Å²) >= 11 is 0. The first-order valence-electron chi connectivity index (χ1n) is 9.87. The van der Waals surface area contributed by atoms with E-state index in [0.717, 1.165) is 16.0 Å². The van der Waals surface area contributed by atoms with E-state index < -0.39 is 62.7 Å². The second kappa shape index (κ2) is 14.0. The van der Waals surface area contributed by atoms with Crippen LogP contribution in [0.15, 0.2) is 18.3 Å². The van der Waals surface area contributed by atoms with Crippen LogP contribution in [0.4, 0.5) is 0 Å². The second-order valence-corrected chi connectivity index (χ2v) is 7.20. The van der Waals surface area contributed by atoms with Crippen molar-refractivity contribution >= 4 is 11.8 Å². The average molecular weight is 461 g/mol. The number of aliphatic hydroxyl groups excluding tert-OH is 8. The number of hydrogen-bond donors (Lipinski definition) is 8. The highest BCUT2D eigenvalue weighted by Crippen LogP contribution is 2.10. The number of carbonyl (C=O) groups is 2. The Balaban J connectivity index is 3.03. The number of aliphatic hydroxyl groups is 8. The fourth-order valence-electron chi connectivity index (χ4n) is 2.72. The van der Waals surface area contributed by atoms with E-state index in [1.165, 1.54) is 12.1 Å². The summed E-state index contributed by atoms with van der Waals surface area (Å²) in [5.74, 6) is -1.41. The molecule has 0 saturated heterocycles. The van der Waals surface area contributed by atoms with Crippen LogP contribution in [0.1, 0.15) is 20.8 Å². The predicted molar refractivity (Wildman–Crippen MR) is 108 cm³/mol. The molecule has 4 unspecified atom stereocenters. The van der Waals surface area contributed by atoms with Crippen LogP contribution in [0.3, 0.4) is 0 Å². The highest BCUT2D eigenvalue weighted by atomic mass is 16.3. The molecule has 2 amide bonds. The lowest BCUT2D eigenvalue weighted by molar-refractivity contribution is 0.0204. The van der Waals surface area contributed by atoms with Gasteiger partial charge in [-0.05, 0) is 12.1 Å². The van der Waals surface area contributed by atoms with Crippen LogP contribution in [-0.4, -0.2) is 144 Å². The molecule has 13 nitrogen and oxygen atoms in total. The SMILES string of the molecule is O=C(c1ccc(C(=O)N(CC(O)CO)CC(O)CO)nc1)N(CC(O)CO)CC(O)CO. The minimum Gasteiger partial charge on any atom is -0.394 e. The molecule has 0 bridgehead atoms. The molecule has 0 aliphatic carbocycles. The van der Waals surface area contributed by atoms with Gasteiger partial charge in [0.15, 0.2) is 0 Å². The molecule has 0 saturated carbocycles. The Hall–Kier alpha value is -2.23. The number of carbonyl (C=O) groups excluding carboxylic acids is 2. The third-order valence-corrected chi connectivity index (χ3v) is 4.37. The van der Waals surface area contributed by atoms with Gasteiger partial charge in [0, 0.05) is 32.4 Å². The molecule has 0 aliphatic rings. The van der Waals surface area contributed by atoms with Gasteiger partial charge >= 0.3 is 0 Å². The molecule has 8 N–H and O–H groups in total. The average Bonchev–Trinajstić information content (AvgIpc) is 2.81. The van der Waals surface area contributed by atoms with E-state index in [1.807, 2.05) is 0 Å². The van der Waals surface area contributed by atoms with Gasteiger partial charge in [-0.15, -0.1) is 0 Å². The monoisotopic (exact) mass is 461 g/mol. The Morgan fingerprint density at radius 3 is 1.38 bits per heavy atom. The van der Waals surface area contributed by atoms with Crippen LogP contribution < -0.4 is 0 Å². The lowest BCUT2D eigenvalue weighted by Crippen LogP contribution is -2.44. The van der Waals surface area contributed by atoms with Crippen LogP contribution in [0.2, 0.25) is 0 Å². The Morgan fingerprint density at radius 2 is 1.06 bits per heavy atom. The Kier molecular flexibility index (Phi) is 12.2. The number of nitrogens with zero attached hydrogens (tertiary/aromatic N) is 3. The first kappa shape index (κ1) is 27.8. The van der Waals surface area contributed by atoms with E-state index in [2.05, 4.69) is 4.98 Å². The summed E-state index contributed by atoms with van der Waals surface area (Å²) in [6, 6.07) is 2.47. The number of rotatable bonds is 14. The lowest BCUT2D eigenvalue weighted by Gasteiger charge is -2.27. The zero-order valence-corrected chi connectivity index (χ0v) is 17.4.